The van der Waals surface area contributed by atoms with Crippen LogP contribution in [-0.2, 0) is 20.8 Å². The SMILES string of the molecule is CCC[C@H](C[C@@H]1CC[C@H]([C@@H](C)C(=O)OC)O1)N(C)Cc1ccccc1. The second-order valence-electron chi connectivity index (χ2n) is 7.26. The summed E-state index contributed by atoms with van der Waals surface area (Å²) in [5.74, 6) is -0.348. The van der Waals surface area contributed by atoms with Gasteiger partial charge in [0.15, 0.2) is 0 Å². The third-order valence-corrected chi connectivity index (χ3v) is 5.33. The van der Waals surface area contributed by atoms with E-state index < -0.39 is 0 Å². The summed E-state index contributed by atoms with van der Waals surface area (Å²) in [6.07, 6.45) is 5.58. The molecule has 0 bridgehead atoms. The van der Waals surface area contributed by atoms with Crippen molar-refractivity contribution < 1.29 is 14.3 Å². The molecule has 1 aliphatic heterocycles. The lowest BCUT2D eigenvalue weighted by Crippen LogP contribution is -2.35. The molecular formula is C21H33NO3. The van der Waals surface area contributed by atoms with Crippen molar-refractivity contribution in [1.29, 1.82) is 0 Å². The number of carbonyl (C=O) groups is 1. The fraction of sp³-hybridized carbons (Fsp3) is 0.667. The van der Waals surface area contributed by atoms with Crippen LogP contribution in [0.15, 0.2) is 30.3 Å². The van der Waals surface area contributed by atoms with Gasteiger partial charge in [-0.15, -0.1) is 0 Å². The molecule has 1 fully saturated rings. The van der Waals surface area contributed by atoms with E-state index in [4.69, 9.17) is 9.47 Å². The smallest absolute Gasteiger partial charge is 0.311 e. The van der Waals surface area contributed by atoms with Crippen molar-refractivity contribution in [3.63, 3.8) is 0 Å². The molecule has 1 aromatic carbocycles. The second-order valence-corrected chi connectivity index (χ2v) is 7.26. The van der Waals surface area contributed by atoms with Gasteiger partial charge < -0.3 is 9.47 Å². The van der Waals surface area contributed by atoms with Crippen LogP contribution in [0.3, 0.4) is 0 Å². The van der Waals surface area contributed by atoms with Crippen molar-refractivity contribution in [3.8, 4) is 0 Å². The quantitative estimate of drug-likeness (QED) is 0.632. The van der Waals surface area contributed by atoms with Gasteiger partial charge in [0, 0.05) is 12.6 Å². The predicted molar refractivity (Wildman–Crippen MR) is 100 cm³/mol. The molecule has 0 saturated carbocycles. The minimum absolute atomic E-state index is 0.000781. The van der Waals surface area contributed by atoms with Crippen LogP contribution < -0.4 is 0 Å². The Morgan fingerprint density at radius 3 is 2.68 bits per heavy atom. The third kappa shape index (κ3) is 5.82. The number of hydrogen-bond donors (Lipinski definition) is 0. The number of hydrogen-bond acceptors (Lipinski definition) is 4. The van der Waals surface area contributed by atoms with Crippen molar-refractivity contribution >= 4 is 5.97 Å². The molecule has 140 valence electrons. The molecule has 25 heavy (non-hydrogen) atoms. The number of esters is 1. The lowest BCUT2D eigenvalue weighted by molar-refractivity contribution is -0.150. The Morgan fingerprint density at radius 1 is 1.32 bits per heavy atom. The van der Waals surface area contributed by atoms with Gasteiger partial charge in [-0.1, -0.05) is 43.7 Å². The fourth-order valence-electron chi connectivity index (χ4n) is 3.77. The van der Waals surface area contributed by atoms with Crippen LogP contribution in [0.25, 0.3) is 0 Å². The minimum Gasteiger partial charge on any atom is -0.469 e. The van der Waals surface area contributed by atoms with E-state index in [1.807, 2.05) is 6.92 Å². The number of nitrogens with zero attached hydrogens (tertiary/aromatic N) is 1. The Kier molecular flexibility index (Phi) is 7.91. The van der Waals surface area contributed by atoms with Crippen molar-refractivity contribution in [3.05, 3.63) is 35.9 Å². The van der Waals surface area contributed by atoms with E-state index in [1.54, 1.807) is 0 Å². The molecule has 4 heteroatoms. The highest BCUT2D eigenvalue weighted by Gasteiger charge is 2.34. The first-order valence-electron chi connectivity index (χ1n) is 9.52. The molecule has 4 atom stereocenters. The standard InChI is InChI=1S/C21H33NO3/c1-5-9-18(22(3)15-17-10-7-6-8-11-17)14-19-12-13-20(25-19)16(2)21(23)24-4/h6-8,10-11,16,18-20H,5,9,12-15H2,1-4H3/t16-,18-,19+,20-/m1/s1. The maximum atomic E-state index is 11.7. The normalized spacial score (nSPS) is 22.8. The van der Waals surface area contributed by atoms with Gasteiger partial charge >= 0.3 is 5.97 Å². The number of carbonyl (C=O) groups excluding carboxylic acids is 1. The van der Waals surface area contributed by atoms with Gasteiger partial charge in [0.2, 0.25) is 0 Å². The van der Waals surface area contributed by atoms with Gasteiger partial charge in [0.05, 0.1) is 25.2 Å². The van der Waals surface area contributed by atoms with Gasteiger partial charge in [-0.3, -0.25) is 9.69 Å². The summed E-state index contributed by atoms with van der Waals surface area (Å²) >= 11 is 0. The zero-order valence-electron chi connectivity index (χ0n) is 16.1. The van der Waals surface area contributed by atoms with E-state index in [0.29, 0.717) is 6.04 Å². The highest BCUT2D eigenvalue weighted by atomic mass is 16.5. The van der Waals surface area contributed by atoms with Crippen LogP contribution in [0.4, 0.5) is 0 Å². The molecule has 1 aliphatic rings. The number of methoxy groups -OCH3 is 1. The first-order chi connectivity index (χ1) is 12.0. The Balaban J connectivity index is 1.89. The molecule has 2 rings (SSSR count). The van der Waals surface area contributed by atoms with Gasteiger partial charge in [-0.2, -0.15) is 0 Å². The molecule has 0 radical (unpaired) electrons. The van der Waals surface area contributed by atoms with Crippen LogP contribution in [0.1, 0.15) is 51.5 Å². The maximum absolute atomic E-state index is 11.7. The van der Waals surface area contributed by atoms with E-state index in [-0.39, 0.29) is 24.1 Å². The van der Waals surface area contributed by atoms with Crippen LogP contribution >= 0.6 is 0 Å². The monoisotopic (exact) mass is 347 g/mol. The van der Waals surface area contributed by atoms with Crippen molar-refractivity contribution in [2.75, 3.05) is 14.2 Å². The topological polar surface area (TPSA) is 38.8 Å². The van der Waals surface area contributed by atoms with Crippen LogP contribution in [0.5, 0.6) is 0 Å². The third-order valence-electron chi connectivity index (χ3n) is 5.33. The van der Waals surface area contributed by atoms with Crippen molar-refractivity contribution in [2.45, 2.75) is 70.7 Å². The van der Waals surface area contributed by atoms with Gasteiger partial charge in [-0.25, -0.2) is 0 Å². The zero-order valence-corrected chi connectivity index (χ0v) is 16.1. The van der Waals surface area contributed by atoms with Gasteiger partial charge in [-0.05, 0) is 45.2 Å². The van der Waals surface area contributed by atoms with Crippen LogP contribution in [0.2, 0.25) is 0 Å². The van der Waals surface area contributed by atoms with E-state index in [1.165, 1.54) is 25.5 Å². The summed E-state index contributed by atoms with van der Waals surface area (Å²) in [6, 6.07) is 11.1. The molecule has 0 N–H and O–H groups in total. The summed E-state index contributed by atoms with van der Waals surface area (Å²) in [5, 5.41) is 0. The van der Waals surface area contributed by atoms with Gasteiger partial charge in [0.1, 0.15) is 0 Å². The highest BCUT2D eigenvalue weighted by molar-refractivity contribution is 5.72. The average molecular weight is 347 g/mol. The van der Waals surface area contributed by atoms with Crippen molar-refractivity contribution in [2.24, 2.45) is 5.92 Å². The first kappa shape index (κ1) is 19.9. The number of benzene rings is 1. The van der Waals surface area contributed by atoms with E-state index >= 15 is 0 Å². The summed E-state index contributed by atoms with van der Waals surface area (Å²) in [6.45, 7) is 5.10. The maximum Gasteiger partial charge on any atom is 0.311 e. The summed E-state index contributed by atoms with van der Waals surface area (Å²) in [4.78, 5) is 14.2. The predicted octanol–water partition coefficient (Wildman–Crippen LogP) is 4.03. The van der Waals surface area contributed by atoms with E-state index in [2.05, 4.69) is 49.2 Å². The minimum atomic E-state index is -0.179. The second kappa shape index (κ2) is 9.93. The van der Waals surface area contributed by atoms with E-state index in [9.17, 15) is 4.79 Å². The molecule has 0 aromatic heterocycles. The molecule has 0 amide bonds. The fourth-order valence-corrected chi connectivity index (χ4v) is 3.77. The lowest BCUT2D eigenvalue weighted by atomic mass is 9.99. The molecule has 4 nitrogen and oxygen atoms in total. The molecule has 0 unspecified atom stereocenters. The Bertz CT molecular complexity index is 519. The Labute approximate surface area is 152 Å². The molecule has 1 saturated heterocycles. The molecule has 0 aliphatic carbocycles. The number of ether oxygens (including phenoxy) is 2. The zero-order chi connectivity index (χ0) is 18.2. The summed E-state index contributed by atoms with van der Waals surface area (Å²) in [5.41, 5.74) is 1.34. The Morgan fingerprint density at radius 2 is 2.04 bits per heavy atom. The van der Waals surface area contributed by atoms with Gasteiger partial charge in [0.25, 0.3) is 0 Å². The summed E-state index contributed by atoms with van der Waals surface area (Å²) < 4.78 is 11.1. The first-order valence-corrected chi connectivity index (χ1v) is 9.52. The summed E-state index contributed by atoms with van der Waals surface area (Å²) in [7, 11) is 3.65. The average Bonchev–Trinajstić information content (AvgIpc) is 3.09. The number of rotatable bonds is 9. The molecular weight excluding hydrogens is 314 g/mol. The molecule has 1 aromatic rings. The van der Waals surface area contributed by atoms with Crippen LogP contribution in [-0.4, -0.2) is 43.3 Å². The van der Waals surface area contributed by atoms with Crippen LogP contribution in [0, 0.1) is 5.92 Å². The van der Waals surface area contributed by atoms with E-state index in [0.717, 1.165) is 25.8 Å². The lowest BCUT2D eigenvalue weighted by Gasteiger charge is -2.30. The Hall–Kier alpha value is -1.39. The van der Waals surface area contributed by atoms with Crippen molar-refractivity contribution in [1.82, 2.24) is 4.90 Å². The highest BCUT2D eigenvalue weighted by Crippen LogP contribution is 2.30. The molecule has 1 heterocycles. The molecule has 0 spiro atoms. The largest absolute Gasteiger partial charge is 0.469 e.